The van der Waals surface area contributed by atoms with Crippen LogP contribution < -0.4 is 0 Å². The van der Waals surface area contributed by atoms with Gasteiger partial charge >= 0.3 is 0 Å². The van der Waals surface area contributed by atoms with Crippen molar-refractivity contribution >= 4 is 16.7 Å². The molecule has 3 rings (SSSR count). The second-order valence-corrected chi connectivity index (χ2v) is 5.19. The van der Waals surface area contributed by atoms with Gasteiger partial charge in [-0.1, -0.05) is 18.2 Å². The Morgan fingerprint density at radius 1 is 1.23 bits per heavy atom. The molecule has 0 amide bonds. The number of aryl methyl sites for hydroxylation is 1. The van der Waals surface area contributed by atoms with E-state index in [2.05, 4.69) is 4.98 Å². The lowest BCUT2D eigenvalue weighted by molar-refractivity contribution is -0.384. The third-order valence-electron chi connectivity index (χ3n) is 3.61. The predicted octanol–water partition coefficient (Wildman–Crippen LogP) is 2.79. The molecule has 0 unspecified atom stereocenters. The summed E-state index contributed by atoms with van der Waals surface area (Å²) in [5, 5.41) is 20.2. The Morgan fingerprint density at radius 3 is 2.59 bits per heavy atom. The fraction of sp³-hybridized carbons (Fsp3) is 0.188. The van der Waals surface area contributed by atoms with E-state index in [0.717, 1.165) is 22.2 Å². The van der Waals surface area contributed by atoms with Gasteiger partial charge in [-0.25, -0.2) is 4.98 Å². The van der Waals surface area contributed by atoms with E-state index in [0.29, 0.717) is 12.4 Å². The van der Waals surface area contributed by atoms with Gasteiger partial charge in [-0.2, -0.15) is 0 Å². The van der Waals surface area contributed by atoms with Crippen LogP contribution in [0.4, 0.5) is 5.69 Å². The fourth-order valence-corrected chi connectivity index (χ4v) is 2.49. The van der Waals surface area contributed by atoms with Crippen molar-refractivity contribution in [3.8, 4) is 0 Å². The minimum atomic E-state index is -0.418. The van der Waals surface area contributed by atoms with Gasteiger partial charge in [-0.05, 0) is 30.2 Å². The summed E-state index contributed by atoms with van der Waals surface area (Å²) in [5.74, 6) is 0.582. The lowest BCUT2D eigenvalue weighted by Crippen LogP contribution is -2.05. The van der Waals surface area contributed by atoms with Gasteiger partial charge in [0.15, 0.2) is 0 Å². The van der Waals surface area contributed by atoms with Gasteiger partial charge in [0.25, 0.3) is 5.69 Å². The molecule has 0 spiro atoms. The van der Waals surface area contributed by atoms with Crippen molar-refractivity contribution in [1.82, 2.24) is 9.55 Å². The van der Waals surface area contributed by atoms with Crippen molar-refractivity contribution in [3.63, 3.8) is 0 Å². The number of nitrogens with zero attached hydrogens (tertiary/aromatic N) is 3. The molecule has 112 valence electrons. The van der Waals surface area contributed by atoms with Crippen LogP contribution in [0.1, 0.15) is 17.0 Å². The Bertz CT molecular complexity index is 838. The van der Waals surface area contributed by atoms with Gasteiger partial charge < -0.3 is 9.67 Å². The van der Waals surface area contributed by atoms with Crippen LogP contribution in [0.15, 0.2) is 42.5 Å². The zero-order valence-corrected chi connectivity index (χ0v) is 12.1. The average Bonchev–Trinajstić information content (AvgIpc) is 2.84. The molecule has 6 nitrogen and oxygen atoms in total. The maximum Gasteiger partial charge on any atom is 0.269 e. The number of imidazole rings is 1. The van der Waals surface area contributed by atoms with E-state index in [4.69, 9.17) is 0 Å². The quantitative estimate of drug-likeness (QED) is 0.593. The molecular weight excluding hydrogens is 282 g/mol. The fourth-order valence-electron chi connectivity index (χ4n) is 2.49. The first-order valence-electron chi connectivity index (χ1n) is 6.88. The Morgan fingerprint density at radius 2 is 1.95 bits per heavy atom. The summed E-state index contributed by atoms with van der Waals surface area (Å²) < 4.78 is 1.93. The lowest BCUT2D eigenvalue weighted by Gasteiger charge is -2.08. The van der Waals surface area contributed by atoms with Gasteiger partial charge in [0.05, 0.1) is 16.0 Å². The smallest absolute Gasteiger partial charge is 0.269 e. The van der Waals surface area contributed by atoms with Gasteiger partial charge in [-0.15, -0.1) is 0 Å². The maximum absolute atomic E-state index is 10.7. The number of hydrogen-bond acceptors (Lipinski definition) is 4. The molecule has 0 saturated carbocycles. The molecular formula is C16H15N3O3. The van der Waals surface area contributed by atoms with Crippen LogP contribution in [0.5, 0.6) is 0 Å². The van der Waals surface area contributed by atoms with Gasteiger partial charge in [0.2, 0.25) is 0 Å². The highest BCUT2D eigenvalue weighted by Crippen LogP contribution is 2.20. The number of aromatic nitrogens is 2. The molecule has 0 radical (unpaired) electrons. The molecule has 0 aliphatic carbocycles. The standard InChI is InChI=1S/C16H15N3O3/c1-11-2-7-15-14(8-11)17-16(10-20)18(15)9-12-3-5-13(6-4-12)19(21)22/h2-8,20H,9-10H2,1H3. The lowest BCUT2D eigenvalue weighted by atomic mass is 10.2. The van der Waals surface area contributed by atoms with Crippen molar-refractivity contribution in [3.05, 3.63) is 69.5 Å². The number of benzene rings is 2. The second kappa shape index (κ2) is 5.57. The zero-order chi connectivity index (χ0) is 15.7. The number of nitro benzene ring substituents is 1. The Balaban J connectivity index is 2.00. The minimum Gasteiger partial charge on any atom is -0.388 e. The van der Waals surface area contributed by atoms with Crippen molar-refractivity contribution in [1.29, 1.82) is 0 Å². The molecule has 3 aromatic rings. The number of hydrogen-bond donors (Lipinski definition) is 1. The second-order valence-electron chi connectivity index (χ2n) is 5.19. The number of aliphatic hydroxyl groups excluding tert-OH is 1. The van der Waals surface area contributed by atoms with Crippen LogP contribution in [0.3, 0.4) is 0 Å². The third kappa shape index (κ3) is 2.56. The Hall–Kier alpha value is -2.73. The van der Waals surface area contributed by atoms with E-state index in [-0.39, 0.29) is 12.3 Å². The van der Waals surface area contributed by atoms with Crippen LogP contribution in [0, 0.1) is 17.0 Å². The molecule has 0 aliphatic rings. The first-order valence-corrected chi connectivity index (χ1v) is 6.88. The molecule has 6 heteroatoms. The number of fused-ring (bicyclic) bond motifs is 1. The highest BCUT2D eigenvalue weighted by molar-refractivity contribution is 5.77. The van der Waals surface area contributed by atoms with Gasteiger partial charge in [0.1, 0.15) is 12.4 Å². The van der Waals surface area contributed by atoms with Gasteiger partial charge in [-0.3, -0.25) is 10.1 Å². The molecule has 1 heterocycles. The number of non-ortho nitro benzene ring substituents is 1. The van der Waals surface area contributed by atoms with E-state index in [1.54, 1.807) is 12.1 Å². The zero-order valence-electron chi connectivity index (χ0n) is 12.1. The average molecular weight is 297 g/mol. The molecule has 0 atom stereocenters. The monoisotopic (exact) mass is 297 g/mol. The van der Waals surface area contributed by atoms with Crippen molar-refractivity contribution in [2.24, 2.45) is 0 Å². The summed E-state index contributed by atoms with van der Waals surface area (Å²) in [5.41, 5.74) is 3.87. The van der Waals surface area contributed by atoms with E-state index in [9.17, 15) is 15.2 Å². The van der Waals surface area contributed by atoms with Crippen LogP contribution in [-0.4, -0.2) is 19.6 Å². The molecule has 0 aliphatic heterocycles. The number of nitro groups is 1. The summed E-state index contributed by atoms with van der Waals surface area (Å²) in [4.78, 5) is 14.7. The van der Waals surface area contributed by atoms with Crippen LogP contribution >= 0.6 is 0 Å². The molecule has 1 N–H and O–H groups in total. The number of aliphatic hydroxyl groups is 1. The van der Waals surface area contributed by atoms with Crippen LogP contribution in [0.2, 0.25) is 0 Å². The van der Waals surface area contributed by atoms with Crippen molar-refractivity contribution in [2.75, 3.05) is 0 Å². The normalized spacial score (nSPS) is 11.0. The Labute approximate surface area is 126 Å². The van der Waals surface area contributed by atoms with Crippen molar-refractivity contribution < 1.29 is 10.0 Å². The highest BCUT2D eigenvalue weighted by atomic mass is 16.6. The van der Waals surface area contributed by atoms with Crippen LogP contribution in [-0.2, 0) is 13.2 Å². The minimum absolute atomic E-state index is 0.0669. The van der Waals surface area contributed by atoms with E-state index in [1.807, 2.05) is 29.7 Å². The molecule has 0 fully saturated rings. The molecule has 22 heavy (non-hydrogen) atoms. The molecule has 2 aromatic carbocycles. The molecule has 0 bridgehead atoms. The summed E-state index contributed by atoms with van der Waals surface area (Å²) in [7, 11) is 0. The first-order chi connectivity index (χ1) is 10.6. The summed E-state index contributed by atoms with van der Waals surface area (Å²) in [6.45, 7) is 2.35. The summed E-state index contributed by atoms with van der Waals surface area (Å²) >= 11 is 0. The van der Waals surface area contributed by atoms with E-state index < -0.39 is 4.92 Å². The van der Waals surface area contributed by atoms with E-state index in [1.165, 1.54) is 12.1 Å². The topological polar surface area (TPSA) is 81.2 Å². The van der Waals surface area contributed by atoms with E-state index >= 15 is 0 Å². The van der Waals surface area contributed by atoms with Crippen molar-refractivity contribution in [2.45, 2.75) is 20.1 Å². The molecule has 1 aromatic heterocycles. The van der Waals surface area contributed by atoms with Crippen LogP contribution in [0.25, 0.3) is 11.0 Å². The third-order valence-corrected chi connectivity index (χ3v) is 3.61. The highest BCUT2D eigenvalue weighted by Gasteiger charge is 2.11. The SMILES string of the molecule is Cc1ccc2c(c1)nc(CO)n2Cc1ccc([N+](=O)[O-])cc1. The maximum atomic E-state index is 10.7. The number of rotatable bonds is 4. The predicted molar refractivity (Wildman–Crippen MR) is 82.6 cm³/mol. The van der Waals surface area contributed by atoms with Gasteiger partial charge in [0, 0.05) is 18.7 Å². The summed E-state index contributed by atoms with van der Waals surface area (Å²) in [6, 6.07) is 12.4. The Kier molecular flexibility index (Phi) is 3.60. The summed E-state index contributed by atoms with van der Waals surface area (Å²) in [6.07, 6.45) is 0. The first kappa shape index (κ1) is 14.2. The molecule has 0 saturated heterocycles. The largest absolute Gasteiger partial charge is 0.388 e.